The molecule has 0 bridgehead atoms. The summed E-state index contributed by atoms with van der Waals surface area (Å²) in [5.41, 5.74) is 2.94. The van der Waals surface area contributed by atoms with Crippen molar-refractivity contribution in [2.45, 2.75) is 83.1 Å². The number of aryl methyl sites for hydroxylation is 1. The van der Waals surface area contributed by atoms with Gasteiger partial charge < -0.3 is 10.4 Å². The second-order valence-corrected chi connectivity index (χ2v) is 12.0. The van der Waals surface area contributed by atoms with Crippen LogP contribution < -0.4 is 10.5 Å². The van der Waals surface area contributed by atoms with Crippen molar-refractivity contribution >= 4 is 15.9 Å². The SMILES string of the molecule is CC(NC(=O)CCc1cc(C(C)(C)C)c(O)c(C(C)(C)C)c1)c1cccc(S(N)(=O)=O)c1. The number of phenols is 1. The van der Waals surface area contributed by atoms with Crippen LogP contribution in [0.5, 0.6) is 5.75 Å². The second kappa shape index (κ2) is 9.24. The predicted octanol–water partition coefficient (Wildman–Crippen LogP) is 4.44. The summed E-state index contributed by atoms with van der Waals surface area (Å²) < 4.78 is 23.2. The lowest BCUT2D eigenvalue weighted by atomic mass is 9.78. The lowest BCUT2D eigenvalue weighted by Gasteiger charge is -2.28. The quantitative estimate of drug-likeness (QED) is 0.592. The highest BCUT2D eigenvalue weighted by Crippen LogP contribution is 2.40. The van der Waals surface area contributed by atoms with E-state index < -0.39 is 10.0 Å². The van der Waals surface area contributed by atoms with Crippen molar-refractivity contribution in [3.63, 3.8) is 0 Å². The Kier molecular flexibility index (Phi) is 7.47. The van der Waals surface area contributed by atoms with E-state index in [1.165, 1.54) is 12.1 Å². The minimum Gasteiger partial charge on any atom is -0.507 e. The van der Waals surface area contributed by atoms with E-state index in [0.29, 0.717) is 17.7 Å². The Hall–Kier alpha value is -2.38. The van der Waals surface area contributed by atoms with Crippen LogP contribution in [0.15, 0.2) is 41.3 Å². The van der Waals surface area contributed by atoms with Crippen LogP contribution in [0.25, 0.3) is 0 Å². The first-order valence-corrected chi connectivity index (χ1v) is 12.3. The molecule has 2 rings (SSSR count). The maximum atomic E-state index is 12.6. The second-order valence-electron chi connectivity index (χ2n) is 10.4. The molecule has 6 nitrogen and oxygen atoms in total. The molecule has 0 radical (unpaired) electrons. The van der Waals surface area contributed by atoms with Gasteiger partial charge in [-0.05, 0) is 58.6 Å². The monoisotopic (exact) mass is 460 g/mol. The Labute approximate surface area is 192 Å². The van der Waals surface area contributed by atoms with Gasteiger partial charge in [0, 0.05) is 6.42 Å². The highest BCUT2D eigenvalue weighted by Gasteiger charge is 2.26. The van der Waals surface area contributed by atoms with Gasteiger partial charge in [0.25, 0.3) is 0 Å². The number of primary sulfonamides is 1. The number of benzene rings is 2. The predicted molar refractivity (Wildman–Crippen MR) is 128 cm³/mol. The van der Waals surface area contributed by atoms with E-state index in [1.807, 2.05) is 12.1 Å². The fourth-order valence-corrected chi connectivity index (χ4v) is 4.17. The molecule has 0 spiro atoms. The third-order valence-corrected chi connectivity index (χ3v) is 6.40. The van der Waals surface area contributed by atoms with Crippen molar-refractivity contribution in [3.8, 4) is 5.75 Å². The molecule has 0 aromatic heterocycles. The summed E-state index contributed by atoms with van der Waals surface area (Å²) in [5, 5.41) is 19.0. The fourth-order valence-electron chi connectivity index (χ4n) is 3.60. The highest BCUT2D eigenvalue weighted by atomic mass is 32.2. The molecule has 0 saturated heterocycles. The normalized spacial score (nSPS) is 13.6. The number of hydrogen-bond acceptors (Lipinski definition) is 4. The molecule has 0 saturated carbocycles. The van der Waals surface area contributed by atoms with Crippen LogP contribution in [-0.2, 0) is 32.1 Å². The zero-order valence-electron chi connectivity index (χ0n) is 20.1. The maximum absolute atomic E-state index is 12.6. The molecule has 32 heavy (non-hydrogen) atoms. The summed E-state index contributed by atoms with van der Waals surface area (Å²) >= 11 is 0. The number of nitrogens with two attached hydrogens (primary N) is 1. The molecular weight excluding hydrogens is 424 g/mol. The van der Waals surface area contributed by atoms with Crippen LogP contribution in [-0.4, -0.2) is 19.4 Å². The summed E-state index contributed by atoms with van der Waals surface area (Å²) in [6.45, 7) is 14.1. The maximum Gasteiger partial charge on any atom is 0.238 e. The summed E-state index contributed by atoms with van der Waals surface area (Å²) in [5.74, 6) is 0.183. The minimum absolute atomic E-state index is 0.0182. The zero-order valence-corrected chi connectivity index (χ0v) is 20.9. The van der Waals surface area contributed by atoms with Gasteiger partial charge in [0.2, 0.25) is 15.9 Å². The molecule has 7 heteroatoms. The topological polar surface area (TPSA) is 109 Å². The number of aromatic hydroxyl groups is 1. The van der Waals surface area contributed by atoms with Crippen LogP contribution in [0.2, 0.25) is 0 Å². The van der Waals surface area contributed by atoms with E-state index in [-0.39, 0.29) is 34.1 Å². The average Bonchev–Trinajstić information content (AvgIpc) is 2.64. The molecule has 2 aromatic carbocycles. The van der Waals surface area contributed by atoms with E-state index in [0.717, 1.165) is 16.7 Å². The van der Waals surface area contributed by atoms with Gasteiger partial charge in [-0.2, -0.15) is 0 Å². The number of carbonyl (C=O) groups excluding carboxylic acids is 1. The van der Waals surface area contributed by atoms with Gasteiger partial charge in [-0.1, -0.05) is 65.8 Å². The van der Waals surface area contributed by atoms with Gasteiger partial charge in [0.15, 0.2) is 0 Å². The molecule has 4 N–H and O–H groups in total. The first kappa shape index (κ1) is 25.9. The van der Waals surface area contributed by atoms with Crippen molar-refractivity contribution in [1.82, 2.24) is 5.32 Å². The number of sulfonamides is 1. The number of phenolic OH excluding ortho intramolecular Hbond substituents is 1. The first-order valence-electron chi connectivity index (χ1n) is 10.8. The molecule has 0 aliphatic heterocycles. The smallest absolute Gasteiger partial charge is 0.238 e. The lowest BCUT2D eigenvalue weighted by molar-refractivity contribution is -0.121. The van der Waals surface area contributed by atoms with Gasteiger partial charge in [-0.25, -0.2) is 13.6 Å². The molecule has 2 aromatic rings. The summed E-state index contributed by atoms with van der Waals surface area (Å²) in [6.07, 6.45) is 0.805. The van der Waals surface area contributed by atoms with E-state index >= 15 is 0 Å². The lowest BCUT2D eigenvalue weighted by Crippen LogP contribution is -2.27. The molecule has 1 atom stereocenters. The summed E-state index contributed by atoms with van der Waals surface area (Å²) in [7, 11) is -3.80. The van der Waals surface area contributed by atoms with Crippen LogP contribution in [0.4, 0.5) is 0 Å². The van der Waals surface area contributed by atoms with E-state index in [2.05, 4.69) is 46.9 Å². The zero-order chi connectivity index (χ0) is 24.5. The van der Waals surface area contributed by atoms with Gasteiger partial charge in [0.1, 0.15) is 5.75 Å². The van der Waals surface area contributed by atoms with E-state index in [4.69, 9.17) is 5.14 Å². The molecule has 176 valence electrons. The Morgan fingerprint density at radius 2 is 1.56 bits per heavy atom. The summed E-state index contributed by atoms with van der Waals surface area (Å²) in [6, 6.07) is 9.87. The van der Waals surface area contributed by atoms with Gasteiger partial charge >= 0.3 is 0 Å². The molecule has 0 fully saturated rings. The molecule has 0 aliphatic rings. The van der Waals surface area contributed by atoms with Crippen molar-refractivity contribution in [3.05, 3.63) is 58.7 Å². The fraction of sp³-hybridized carbons (Fsp3) is 0.480. The van der Waals surface area contributed by atoms with Crippen LogP contribution >= 0.6 is 0 Å². The molecule has 1 amide bonds. The first-order chi connectivity index (χ1) is 14.5. The molecular formula is C25H36N2O4S. The largest absolute Gasteiger partial charge is 0.507 e. The van der Waals surface area contributed by atoms with Crippen molar-refractivity contribution in [2.75, 3.05) is 0 Å². The number of nitrogens with one attached hydrogen (secondary N) is 1. The van der Waals surface area contributed by atoms with Gasteiger partial charge in [-0.15, -0.1) is 0 Å². The van der Waals surface area contributed by atoms with Crippen molar-refractivity contribution in [2.24, 2.45) is 5.14 Å². The summed E-state index contributed by atoms with van der Waals surface area (Å²) in [4.78, 5) is 12.6. The number of rotatable bonds is 6. The van der Waals surface area contributed by atoms with E-state index in [9.17, 15) is 18.3 Å². The number of carbonyl (C=O) groups is 1. The van der Waals surface area contributed by atoms with Crippen LogP contribution in [0.1, 0.15) is 83.2 Å². The minimum atomic E-state index is -3.80. The van der Waals surface area contributed by atoms with Crippen LogP contribution in [0.3, 0.4) is 0 Å². The van der Waals surface area contributed by atoms with Gasteiger partial charge in [-0.3, -0.25) is 4.79 Å². The van der Waals surface area contributed by atoms with Crippen LogP contribution in [0, 0.1) is 0 Å². The third-order valence-electron chi connectivity index (χ3n) is 5.49. The third kappa shape index (κ3) is 6.56. The molecule has 0 aliphatic carbocycles. The van der Waals surface area contributed by atoms with Crippen molar-refractivity contribution < 1.29 is 18.3 Å². The van der Waals surface area contributed by atoms with Gasteiger partial charge in [0.05, 0.1) is 10.9 Å². The Bertz CT molecular complexity index is 1060. The molecule has 1 unspecified atom stereocenters. The number of hydrogen-bond donors (Lipinski definition) is 3. The Balaban J connectivity index is 2.18. The van der Waals surface area contributed by atoms with E-state index in [1.54, 1.807) is 19.1 Å². The standard InChI is InChI=1S/C25H36N2O4S/c1-16(18-9-8-10-19(15-18)32(26,30)31)27-22(28)12-11-17-13-20(24(2,3)4)23(29)21(14-17)25(5,6)7/h8-10,13-16,29H,11-12H2,1-7H3,(H,27,28)(H2,26,30,31). The average molecular weight is 461 g/mol. The Morgan fingerprint density at radius 1 is 1.03 bits per heavy atom. The number of amides is 1. The Morgan fingerprint density at radius 3 is 2.03 bits per heavy atom. The highest BCUT2D eigenvalue weighted by molar-refractivity contribution is 7.89. The molecule has 0 heterocycles. The van der Waals surface area contributed by atoms with Crippen molar-refractivity contribution in [1.29, 1.82) is 0 Å².